The van der Waals surface area contributed by atoms with Gasteiger partial charge in [0.2, 0.25) is 0 Å². The third kappa shape index (κ3) is 5.90. The summed E-state index contributed by atoms with van der Waals surface area (Å²) in [6.07, 6.45) is 0.858. The van der Waals surface area contributed by atoms with Gasteiger partial charge >= 0.3 is 5.97 Å². The lowest BCUT2D eigenvalue weighted by atomic mass is 10.2. The van der Waals surface area contributed by atoms with Crippen molar-refractivity contribution in [3.05, 3.63) is 48.0 Å². The number of rotatable bonds is 10. The molecule has 0 aliphatic heterocycles. The molecule has 0 saturated carbocycles. The zero-order chi connectivity index (χ0) is 20.4. The summed E-state index contributed by atoms with van der Waals surface area (Å²) in [5, 5.41) is 2.65. The Morgan fingerprint density at radius 2 is 1.75 bits per heavy atom. The SMILES string of the molecule is CCCOc1ccc(C(=O)OCC(=O)Nc2ccccc2OC)cc1OCC. The van der Waals surface area contributed by atoms with Gasteiger partial charge in [-0.15, -0.1) is 0 Å². The molecule has 0 heterocycles. The van der Waals surface area contributed by atoms with Crippen molar-refractivity contribution in [2.75, 3.05) is 32.2 Å². The molecular weight excluding hydrogens is 362 g/mol. The molecule has 7 heteroatoms. The molecule has 0 fully saturated rings. The molecule has 2 rings (SSSR count). The smallest absolute Gasteiger partial charge is 0.338 e. The summed E-state index contributed by atoms with van der Waals surface area (Å²) in [4.78, 5) is 24.4. The number of benzene rings is 2. The Kier molecular flexibility index (Phi) is 8.14. The lowest BCUT2D eigenvalue weighted by Gasteiger charge is -2.13. The zero-order valence-corrected chi connectivity index (χ0v) is 16.3. The Balaban J connectivity index is 1.98. The summed E-state index contributed by atoms with van der Waals surface area (Å²) in [7, 11) is 1.51. The Bertz CT molecular complexity index is 805. The minimum atomic E-state index is -0.627. The molecule has 0 saturated heterocycles. The Morgan fingerprint density at radius 3 is 2.46 bits per heavy atom. The van der Waals surface area contributed by atoms with E-state index < -0.39 is 18.5 Å². The molecule has 2 aromatic carbocycles. The Morgan fingerprint density at radius 1 is 0.964 bits per heavy atom. The quantitative estimate of drug-likeness (QED) is 0.626. The molecular formula is C21H25NO6. The second-order valence-electron chi connectivity index (χ2n) is 5.77. The van der Waals surface area contributed by atoms with Crippen molar-refractivity contribution in [3.63, 3.8) is 0 Å². The first-order chi connectivity index (χ1) is 13.6. The summed E-state index contributed by atoms with van der Waals surface area (Å²) >= 11 is 0. The lowest BCUT2D eigenvalue weighted by Crippen LogP contribution is -2.21. The molecule has 0 unspecified atom stereocenters. The van der Waals surface area contributed by atoms with Gasteiger partial charge in [0.15, 0.2) is 18.1 Å². The van der Waals surface area contributed by atoms with Crippen LogP contribution >= 0.6 is 0 Å². The van der Waals surface area contributed by atoms with Gasteiger partial charge in [0, 0.05) is 0 Å². The van der Waals surface area contributed by atoms with Gasteiger partial charge in [-0.2, -0.15) is 0 Å². The van der Waals surface area contributed by atoms with Gasteiger partial charge in [-0.1, -0.05) is 19.1 Å². The number of amides is 1. The second-order valence-corrected chi connectivity index (χ2v) is 5.77. The number of esters is 1. The number of hydrogen-bond acceptors (Lipinski definition) is 6. The van der Waals surface area contributed by atoms with Crippen molar-refractivity contribution in [3.8, 4) is 17.2 Å². The first-order valence-corrected chi connectivity index (χ1v) is 9.08. The summed E-state index contributed by atoms with van der Waals surface area (Å²) in [5.74, 6) is 0.452. The van der Waals surface area contributed by atoms with E-state index >= 15 is 0 Å². The van der Waals surface area contributed by atoms with Crippen molar-refractivity contribution < 1.29 is 28.5 Å². The highest BCUT2D eigenvalue weighted by atomic mass is 16.5. The van der Waals surface area contributed by atoms with E-state index in [2.05, 4.69) is 5.32 Å². The fourth-order valence-corrected chi connectivity index (χ4v) is 2.38. The maximum Gasteiger partial charge on any atom is 0.338 e. The number of para-hydroxylation sites is 2. The standard InChI is InChI=1S/C21H25NO6/c1-4-12-27-18-11-10-15(13-19(18)26-5-2)21(24)28-14-20(23)22-16-8-6-7-9-17(16)25-3/h6-11,13H,4-5,12,14H2,1-3H3,(H,22,23). The highest BCUT2D eigenvalue weighted by Crippen LogP contribution is 2.29. The summed E-state index contributed by atoms with van der Waals surface area (Å²) in [6.45, 7) is 4.41. The van der Waals surface area contributed by atoms with E-state index in [-0.39, 0.29) is 5.56 Å². The van der Waals surface area contributed by atoms with Crippen LogP contribution in [0.1, 0.15) is 30.6 Å². The summed E-state index contributed by atoms with van der Waals surface area (Å²) < 4.78 is 21.4. The van der Waals surface area contributed by atoms with Crippen LogP contribution in [-0.4, -0.2) is 38.8 Å². The van der Waals surface area contributed by atoms with E-state index in [0.29, 0.717) is 36.1 Å². The summed E-state index contributed by atoms with van der Waals surface area (Å²) in [6, 6.07) is 11.8. The minimum absolute atomic E-state index is 0.275. The Hall–Kier alpha value is -3.22. The van der Waals surface area contributed by atoms with Crippen molar-refractivity contribution in [2.45, 2.75) is 20.3 Å². The molecule has 0 aliphatic rings. The zero-order valence-electron chi connectivity index (χ0n) is 16.3. The average Bonchev–Trinajstić information content (AvgIpc) is 2.71. The van der Waals surface area contributed by atoms with Crippen LogP contribution in [0, 0.1) is 0 Å². The number of carbonyl (C=O) groups excluding carboxylic acids is 2. The van der Waals surface area contributed by atoms with Crippen molar-refractivity contribution in [1.82, 2.24) is 0 Å². The molecule has 1 amide bonds. The van der Waals surface area contributed by atoms with Crippen LogP contribution in [-0.2, 0) is 9.53 Å². The van der Waals surface area contributed by atoms with Gasteiger partial charge in [0.25, 0.3) is 5.91 Å². The van der Waals surface area contributed by atoms with E-state index in [9.17, 15) is 9.59 Å². The van der Waals surface area contributed by atoms with Gasteiger partial charge in [-0.3, -0.25) is 4.79 Å². The van der Waals surface area contributed by atoms with Crippen LogP contribution in [0.2, 0.25) is 0 Å². The minimum Gasteiger partial charge on any atom is -0.495 e. The first kappa shape index (κ1) is 21.1. The van der Waals surface area contributed by atoms with Crippen LogP contribution in [0.3, 0.4) is 0 Å². The van der Waals surface area contributed by atoms with Gasteiger partial charge in [-0.25, -0.2) is 4.79 Å². The van der Waals surface area contributed by atoms with Gasteiger partial charge in [-0.05, 0) is 43.7 Å². The summed E-state index contributed by atoms with van der Waals surface area (Å²) in [5.41, 5.74) is 0.777. The number of nitrogens with one attached hydrogen (secondary N) is 1. The van der Waals surface area contributed by atoms with Crippen molar-refractivity contribution in [1.29, 1.82) is 0 Å². The highest BCUT2D eigenvalue weighted by Gasteiger charge is 2.15. The predicted octanol–water partition coefficient (Wildman–Crippen LogP) is 3.68. The fraction of sp³-hybridized carbons (Fsp3) is 0.333. The Labute approximate surface area is 164 Å². The van der Waals surface area contributed by atoms with Gasteiger partial charge in [0.1, 0.15) is 5.75 Å². The van der Waals surface area contributed by atoms with Crippen molar-refractivity contribution >= 4 is 17.6 Å². The van der Waals surface area contributed by atoms with Crippen LogP contribution in [0.5, 0.6) is 17.2 Å². The van der Waals surface area contributed by atoms with E-state index in [1.807, 2.05) is 13.8 Å². The number of methoxy groups -OCH3 is 1. The maximum atomic E-state index is 12.3. The molecule has 0 bridgehead atoms. The number of anilines is 1. The molecule has 150 valence electrons. The molecule has 0 aliphatic carbocycles. The highest BCUT2D eigenvalue weighted by molar-refractivity contribution is 5.96. The fourth-order valence-electron chi connectivity index (χ4n) is 2.38. The van der Waals surface area contributed by atoms with Crippen LogP contribution < -0.4 is 19.5 Å². The van der Waals surface area contributed by atoms with E-state index in [1.54, 1.807) is 42.5 Å². The third-order valence-corrected chi connectivity index (χ3v) is 3.66. The molecule has 7 nitrogen and oxygen atoms in total. The van der Waals surface area contributed by atoms with Crippen LogP contribution in [0.15, 0.2) is 42.5 Å². The molecule has 2 aromatic rings. The normalized spacial score (nSPS) is 10.1. The largest absolute Gasteiger partial charge is 0.495 e. The number of ether oxygens (including phenoxy) is 4. The molecule has 28 heavy (non-hydrogen) atoms. The topological polar surface area (TPSA) is 83.1 Å². The molecule has 0 aromatic heterocycles. The third-order valence-electron chi connectivity index (χ3n) is 3.66. The van der Waals surface area contributed by atoms with Gasteiger partial charge in [0.05, 0.1) is 31.6 Å². The van der Waals surface area contributed by atoms with Crippen LogP contribution in [0.25, 0.3) is 0 Å². The van der Waals surface area contributed by atoms with Gasteiger partial charge < -0.3 is 24.3 Å². The van der Waals surface area contributed by atoms with E-state index in [1.165, 1.54) is 7.11 Å². The molecule has 0 spiro atoms. The second kappa shape index (κ2) is 10.8. The van der Waals surface area contributed by atoms with Crippen LogP contribution in [0.4, 0.5) is 5.69 Å². The van der Waals surface area contributed by atoms with Crippen molar-refractivity contribution in [2.24, 2.45) is 0 Å². The first-order valence-electron chi connectivity index (χ1n) is 9.08. The lowest BCUT2D eigenvalue weighted by molar-refractivity contribution is -0.119. The van der Waals surface area contributed by atoms with E-state index in [4.69, 9.17) is 18.9 Å². The molecule has 0 radical (unpaired) electrons. The predicted molar refractivity (Wildman–Crippen MR) is 105 cm³/mol. The monoisotopic (exact) mass is 387 g/mol. The molecule has 1 N–H and O–H groups in total. The number of hydrogen-bond donors (Lipinski definition) is 1. The maximum absolute atomic E-state index is 12.3. The molecule has 0 atom stereocenters. The number of carbonyl (C=O) groups is 2. The average molecular weight is 387 g/mol. The van der Waals surface area contributed by atoms with E-state index in [0.717, 1.165) is 6.42 Å².